The molecule has 0 fully saturated rings. The highest BCUT2D eigenvalue weighted by molar-refractivity contribution is 5.34. The van der Waals surface area contributed by atoms with Crippen LogP contribution in [0, 0.1) is 12.8 Å². The van der Waals surface area contributed by atoms with E-state index < -0.39 is 0 Å². The van der Waals surface area contributed by atoms with Crippen LogP contribution in [0.4, 0.5) is 5.82 Å². The Balaban J connectivity index is 2.20. The van der Waals surface area contributed by atoms with E-state index in [9.17, 15) is 0 Å². The predicted octanol–water partition coefficient (Wildman–Crippen LogP) is 1.57. The number of nitrogens with two attached hydrogens (primary N) is 1. The number of aromatic nitrogens is 2. The van der Waals surface area contributed by atoms with Crippen molar-refractivity contribution in [3.63, 3.8) is 0 Å². The highest BCUT2D eigenvalue weighted by Crippen LogP contribution is 2.06. The van der Waals surface area contributed by atoms with Crippen molar-refractivity contribution >= 4 is 5.82 Å². The van der Waals surface area contributed by atoms with Gasteiger partial charge in [-0.1, -0.05) is 6.92 Å². The van der Waals surface area contributed by atoms with Crippen LogP contribution in [0.25, 0.3) is 0 Å². The summed E-state index contributed by atoms with van der Waals surface area (Å²) in [6.07, 6.45) is 4.03. The summed E-state index contributed by atoms with van der Waals surface area (Å²) in [4.78, 5) is 0. The van der Waals surface area contributed by atoms with Gasteiger partial charge in [-0.05, 0) is 43.9 Å². The van der Waals surface area contributed by atoms with Crippen LogP contribution in [-0.4, -0.2) is 23.3 Å². The average Bonchev–Trinajstić information content (AvgIpc) is 2.24. The average molecular weight is 208 g/mol. The fourth-order valence-corrected chi connectivity index (χ4v) is 1.34. The lowest BCUT2D eigenvalue weighted by Crippen LogP contribution is -2.12. The van der Waals surface area contributed by atoms with Crippen molar-refractivity contribution in [1.82, 2.24) is 10.2 Å². The van der Waals surface area contributed by atoms with Gasteiger partial charge in [0.05, 0.1) is 6.20 Å². The summed E-state index contributed by atoms with van der Waals surface area (Å²) in [6.45, 7) is 5.88. The molecule has 15 heavy (non-hydrogen) atoms. The first-order valence-electron chi connectivity index (χ1n) is 5.45. The number of anilines is 1. The van der Waals surface area contributed by atoms with Crippen LogP contribution in [0.1, 0.15) is 25.3 Å². The molecular formula is C11H20N4. The molecule has 0 aromatic carbocycles. The maximum Gasteiger partial charge on any atom is 0.148 e. The molecule has 0 saturated carbocycles. The maximum atomic E-state index is 5.54. The molecular weight excluding hydrogens is 188 g/mol. The molecule has 0 aliphatic heterocycles. The molecule has 0 radical (unpaired) electrons. The topological polar surface area (TPSA) is 63.8 Å². The van der Waals surface area contributed by atoms with E-state index >= 15 is 0 Å². The number of aryl methyl sites for hydroxylation is 1. The lowest BCUT2D eigenvalue weighted by atomic mass is 10.1. The molecule has 4 heteroatoms. The molecule has 1 unspecified atom stereocenters. The van der Waals surface area contributed by atoms with E-state index in [1.54, 1.807) is 6.20 Å². The van der Waals surface area contributed by atoms with Gasteiger partial charge < -0.3 is 11.1 Å². The summed E-state index contributed by atoms with van der Waals surface area (Å²) in [7, 11) is 0. The van der Waals surface area contributed by atoms with E-state index in [2.05, 4.69) is 22.4 Å². The Labute approximate surface area is 91.3 Å². The molecule has 4 nitrogen and oxygen atoms in total. The number of hydrogen-bond acceptors (Lipinski definition) is 4. The van der Waals surface area contributed by atoms with E-state index in [0.29, 0.717) is 5.92 Å². The van der Waals surface area contributed by atoms with E-state index in [1.807, 2.05) is 13.0 Å². The molecule has 0 spiro atoms. The van der Waals surface area contributed by atoms with Crippen molar-refractivity contribution in [2.75, 3.05) is 18.4 Å². The summed E-state index contributed by atoms with van der Waals surface area (Å²) < 4.78 is 0. The first-order chi connectivity index (χ1) is 7.22. The van der Waals surface area contributed by atoms with Gasteiger partial charge in [0.15, 0.2) is 0 Å². The van der Waals surface area contributed by atoms with Crippen molar-refractivity contribution in [2.24, 2.45) is 11.7 Å². The normalized spacial score (nSPS) is 12.5. The zero-order valence-corrected chi connectivity index (χ0v) is 9.53. The number of nitrogens with zero attached hydrogens (tertiary/aromatic N) is 2. The second-order valence-electron chi connectivity index (χ2n) is 4.03. The summed E-state index contributed by atoms with van der Waals surface area (Å²) >= 11 is 0. The standard InChI is InChI=1S/C11H20N4/c1-9(7-12)4-3-5-13-11-6-10(2)8-14-15-11/h6,8-9H,3-5,7,12H2,1-2H3,(H,13,15). The van der Waals surface area contributed by atoms with Crippen molar-refractivity contribution in [1.29, 1.82) is 0 Å². The third-order valence-corrected chi connectivity index (χ3v) is 2.37. The minimum absolute atomic E-state index is 0.607. The maximum absolute atomic E-state index is 5.54. The van der Waals surface area contributed by atoms with Crippen molar-refractivity contribution in [3.8, 4) is 0 Å². The second kappa shape index (κ2) is 6.35. The first-order valence-corrected chi connectivity index (χ1v) is 5.45. The molecule has 3 N–H and O–H groups in total. The highest BCUT2D eigenvalue weighted by atomic mass is 15.2. The van der Waals surface area contributed by atoms with E-state index in [1.165, 1.54) is 0 Å². The molecule has 0 amide bonds. The summed E-state index contributed by atoms with van der Waals surface area (Å²) in [5.74, 6) is 1.46. The summed E-state index contributed by atoms with van der Waals surface area (Å²) in [6, 6.07) is 2.00. The lowest BCUT2D eigenvalue weighted by Gasteiger charge is -2.08. The van der Waals surface area contributed by atoms with Crippen LogP contribution in [0.5, 0.6) is 0 Å². The molecule has 1 aromatic rings. The van der Waals surface area contributed by atoms with Crippen molar-refractivity contribution < 1.29 is 0 Å². The molecule has 1 atom stereocenters. The van der Waals surface area contributed by atoms with Gasteiger partial charge in [-0.2, -0.15) is 5.10 Å². The van der Waals surface area contributed by atoms with E-state index in [0.717, 1.165) is 37.3 Å². The van der Waals surface area contributed by atoms with Crippen LogP contribution in [0.15, 0.2) is 12.3 Å². The summed E-state index contributed by atoms with van der Waals surface area (Å²) in [5.41, 5.74) is 6.67. The van der Waals surface area contributed by atoms with Crippen LogP contribution in [0.2, 0.25) is 0 Å². The zero-order valence-electron chi connectivity index (χ0n) is 9.53. The smallest absolute Gasteiger partial charge is 0.148 e. The Bertz CT molecular complexity index is 288. The fraction of sp³-hybridized carbons (Fsp3) is 0.636. The minimum atomic E-state index is 0.607. The van der Waals surface area contributed by atoms with E-state index in [4.69, 9.17) is 5.73 Å². The fourth-order valence-electron chi connectivity index (χ4n) is 1.34. The molecule has 84 valence electrons. The third-order valence-electron chi connectivity index (χ3n) is 2.37. The Morgan fingerprint density at radius 1 is 1.53 bits per heavy atom. The van der Waals surface area contributed by atoms with Gasteiger partial charge >= 0.3 is 0 Å². The molecule has 1 aromatic heterocycles. The van der Waals surface area contributed by atoms with Gasteiger partial charge in [0.1, 0.15) is 5.82 Å². The molecule has 0 saturated heterocycles. The van der Waals surface area contributed by atoms with Gasteiger partial charge in [0.2, 0.25) is 0 Å². The summed E-state index contributed by atoms with van der Waals surface area (Å²) in [5, 5.41) is 11.1. The SMILES string of the molecule is Cc1cnnc(NCCCC(C)CN)c1. The second-order valence-corrected chi connectivity index (χ2v) is 4.03. The quantitative estimate of drug-likeness (QED) is 0.697. The number of nitrogens with one attached hydrogen (secondary N) is 1. The highest BCUT2D eigenvalue weighted by Gasteiger charge is 1.99. The van der Waals surface area contributed by atoms with Crippen molar-refractivity contribution in [2.45, 2.75) is 26.7 Å². The Hall–Kier alpha value is -1.16. The number of rotatable bonds is 6. The van der Waals surface area contributed by atoms with Crippen LogP contribution < -0.4 is 11.1 Å². The van der Waals surface area contributed by atoms with Gasteiger partial charge in [-0.25, -0.2) is 0 Å². The molecule has 1 heterocycles. The monoisotopic (exact) mass is 208 g/mol. The third kappa shape index (κ3) is 4.74. The predicted molar refractivity (Wildman–Crippen MR) is 62.7 cm³/mol. The molecule has 0 bridgehead atoms. The van der Waals surface area contributed by atoms with Crippen molar-refractivity contribution in [3.05, 3.63) is 17.8 Å². The molecule has 0 aliphatic carbocycles. The van der Waals surface area contributed by atoms with Gasteiger partial charge in [0.25, 0.3) is 0 Å². The number of hydrogen-bond donors (Lipinski definition) is 2. The molecule has 0 aliphatic rings. The Kier molecular flexibility index (Phi) is 5.04. The van der Waals surface area contributed by atoms with E-state index in [-0.39, 0.29) is 0 Å². The van der Waals surface area contributed by atoms with Crippen LogP contribution >= 0.6 is 0 Å². The zero-order chi connectivity index (χ0) is 11.1. The van der Waals surface area contributed by atoms with Crippen LogP contribution in [-0.2, 0) is 0 Å². The largest absolute Gasteiger partial charge is 0.369 e. The Morgan fingerprint density at radius 3 is 3.00 bits per heavy atom. The first kappa shape index (κ1) is 11.9. The lowest BCUT2D eigenvalue weighted by molar-refractivity contribution is 0.529. The Morgan fingerprint density at radius 2 is 2.33 bits per heavy atom. The minimum Gasteiger partial charge on any atom is -0.369 e. The molecule has 1 rings (SSSR count). The van der Waals surface area contributed by atoms with Gasteiger partial charge in [0, 0.05) is 6.54 Å². The van der Waals surface area contributed by atoms with Crippen LogP contribution in [0.3, 0.4) is 0 Å². The van der Waals surface area contributed by atoms with Gasteiger partial charge in [-0.3, -0.25) is 0 Å². The van der Waals surface area contributed by atoms with Gasteiger partial charge in [-0.15, -0.1) is 5.10 Å².